The van der Waals surface area contributed by atoms with E-state index in [2.05, 4.69) is 10.4 Å². The van der Waals surface area contributed by atoms with Crippen molar-refractivity contribution in [1.82, 2.24) is 15.1 Å². The number of benzene rings is 2. The standard InChI is InChI=1S/C22H20F3N3O/c23-15-4-1-3-14(9-15)7-8-22(29)27-20-5-2-6-21-19(20)13-26-28(21)18-11-16(24)10-17(25)12-18/h1,3-4,9-13,20H,2,5-8H2,(H,27,29). The molecule has 0 aliphatic heterocycles. The zero-order chi connectivity index (χ0) is 20.4. The normalized spacial score (nSPS) is 15.8. The number of carbonyl (C=O) groups is 1. The molecular formula is C22H20F3N3O. The van der Waals surface area contributed by atoms with Gasteiger partial charge < -0.3 is 5.32 Å². The van der Waals surface area contributed by atoms with Crippen LogP contribution >= 0.6 is 0 Å². The number of aromatic nitrogens is 2. The lowest BCUT2D eigenvalue weighted by molar-refractivity contribution is -0.121. The third kappa shape index (κ3) is 4.34. The van der Waals surface area contributed by atoms with E-state index in [1.807, 2.05) is 0 Å². The van der Waals surface area contributed by atoms with Crippen molar-refractivity contribution in [1.29, 1.82) is 0 Å². The summed E-state index contributed by atoms with van der Waals surface area (Å²) in [6.45, 7) is 0. The van der Waals surface area contributed by atoms with Gasteiger partial charge in [-0.3, -0.25) is 4.79 Å². The fourth-order valence-electron chi connectivity index (χ4n) is 3.81. The fraction of sp³-hybridized carbons (Fsp3) is 0.273. The summed E-state index contributed by atoms with van der Waals surface area (Å²) in [7, 11) is 0. The minimum Gasteiger partial charge on any atom is -0.349 e. The molecule has 1 atom stereocenters. The molecule has 3 aromatic rings. The molecule has 7 heteroatoms. The molecule has 1 unspecified atom stereocenters. The van der Waals surface area contributed by atoms with Gasteiger partial charge in [-0.1, -0.05) is 12.1 Å². The van der Waals surface area contributed by atoms with E-state index >= 15 is 0 Å². The second-order valence-corrected chi connectivity index (χ2v) is 7.23. The Morgan fingerprint density at radius 3 is 2.66 bits per heavy atom. The maximum Gasteiger partial charge on any atom is 0.220 e. The van der Waals surface area contributed by atoms with Crippen molar-refractivity contribution in [3.63, 3.8) is 0 Å². The van der Waals surface area contributed by atoms with E-state index in [1.54, 1.807) is 18.3 Å². The van der Waals surface area contributed by atoms with Crippen LogP contribution in [0.25, 0.3) is 5.69 Å². The van der Waals surface area contributed by atoms with Gasteiger partial charge in [0.15, 0.2) is 0 Å². The molecule has 1 heterocycles. The minimum absolute atomic E-state index is 0.128. The minimum atomic E-state index is -0.665. The van der Waals surface area contributed by atoms with E-state index in [4.69, 9.17) is 0 Å². The van der Waals surface area contributed by atoms with Gasteiger partial charge >= 0.3 is 0 Å². The van der Waals surface area contributed by atoms with Crippen LogP contribution in [0.5, 0.6) is 0 Å². The average Bonchev–Trinajstić information content (AvgIpc) is 3.11. The fourth-order valence-corrected chi connectivity index (χ4v) is 3.81. The van der Waals surface area contributed by atoms with E-state index in [0.29, 0.717) is 18.5 Å². The first kappa shape index (κ1) is 19.2. The number of nitrogens with zero attached hydrogens (tertiary/aromatic N) is 2. The zero-order valence-electron chi connectivity index (χ0n) is 15.7. The summed E-state index contributed by atoms with van der Waals surface area (Å²) in [6, 6.07) is 9.29. The Labute approximate surface area is 166 Å². The van der Waals surface area contributed by atoms with Crippen molar-refractivity contribution in [2.45, 2.75) is 38.1 Å². The number of halogens is 3. The molecule has 1 N–H and O–H groups in total. The third-order valence-corrected chi connectivity index (χ3v) is 5.14. The summed E-state index contributed by atoms with van der Waals surface area (Å²) in [5, 5.41) is 7.31. The predicted molar refractivity (Wildman–Crippen MR) is 102 cm³/mol. The molecule has 0 spiro atoms. The largest absolute Gasteiger partial charge is 0.349 e. The van der Waals surface area contributed by atoms with E-state index in [1.165, 1.54) is 28.9 Å². The Morgan fingerprint density at radius 1 is 1.10 bits per heavy atom. The monoisotopic (exact) mass is 399 g/mol. The van der Waals surface area contributed by atoms with Crippen molar-refractivity contribution in [3.8, 4) is 5.69 Å². The first-order chi connectivity index (χ1) is 14.0. The third-order valence-electron chi connectivity index (χ3n) is 5.14. The summed E-state index contributed by atoms with van der Waals surface area (Å²) < 4.78 is 42.0. The van der Waals surface area contributed by atoms with Gasteiger partial charge in [-0.25, -0.2) is 17.9 Å². The summed E-state index contributed by atoms with van der Waals surface area (Å²) >= 11 is 0. The van der Waals surface area contributed by atoms with Crippen LogP contribution < -0.4 is 5.32 Å². The van der Waals surface area contributed by atoms with Gasteiger partial charge in [-0.05, 0) is 55.5 Å². The summed E-state index contributed by atoms with van der Waals surface area (Å²) in [5.74, 6) is -1.78. The number of amides is 1. The molecule has 0 saturated heterocycles. The topological polar surface area (TPSA) is 46.9 Å². The van der Waals surface area contributed by atoms with E-state index in [0.717, 1.165) is 35.7 Å². The molecule has 1 amide bonds. The lowest BCUT2D eigenvalue weighted by Crippen LogP contribution is -2.31. The number of nitrogens with one attached hydrogen (secondary N) is 1. The molecule has 2 aromatic carbocycles. The van der Waals surface area contributed by atoms with Gasteiger partial charge in [-0.2, -0.15) is 5.10 Å². The molecule has 4 nitrogen and oxygen atoms in total. The number of hydrogen-bond donors (Lipinski definition) is 1. The molecule has 0 saturated carbocycles. The average molecular weight is 399 g/mol. The molecular weight excluding hydrogens is 379 g/mol. The molecule has 0 bridgehead atoms. The van der Waals surface area contributed by atoms with Crippen LogP contribution in [0.15, 0.2) is 48.7 Å². The summed E-state index contributed by atoms with van der Waals surface area (Å²) in [4.78, 5) is 12.4. The lowest BCUT2D eigenvalue weighted by atomic mass is 9.92. The van der Waals surface area contributed by atoms with Gasteiger partial charge in [0.2, 0.25) is 5.91 Å². The van der Waals surface area contributed by atoms with Gasteiger partial charge in [0.1, 0.15) is 17.5 Å². The quantitative estimate of drug-likeness (QED) is 0.691. The second-order valence-electron chi connectivity index (χ2n) is 7.23. The maximum absolute atomic E-state index is 13.6. The van der Waals surface area contributed by atoms with Crippen LogP contribution in [-0.2, 0) is 17.6 Å². The van der Waals surface area contributed by atoms with Crippen LogP contribution in [-0.4, -0.2) is 15.7 Å². The Kier molecular flexibility index (Phi) is 5.38. The maximum atomic E-state index is 13.6. The first-order valence-electron chi connectivity index (χ1n) is 9.56. The molecule has 1 aliphatic carbocycles. The number of hydrogen-bond acceptors (Lipinski definition) is 2. The van der Waals surface area contributed by atoms with Gasteiger partial charge in [-0.15, -0.1) is 0 Å². The van der Waals surface area contributed by atoms with Gasteiger partial charge in [0.25, 0.3) is 0 Å². The molecule has 4 rings (SSSR count). The van der Waals surface area contributed by atoms with Crippen LogP contribution in [0.4, 0.5) is 13.2 Å². The molecule has 0 fully saturated rings. The van der Waals surface area contributed by atoms with Crippen molar-refractivity contribution < 1.29 is 18.0 Å². The second kappa shape index (κ2) is 8.11. The van der Waals surface area contributed by atoms with Crippen LogP contribution in [0.1, 0.15) is 42.1 Å². The van der Waals surface area contributed by atoms with Crippen LogP contribution in [0.2, 0.25) is 0 Å². The highest BCUT2D eigenvalue weighted by Crippen LogP contribution is 2.31. The Hall–Kier alpha value is -3.09. The van der Waals surface area contributed by atoms with Gasteiger partial charge in [0.05, 0.1) is 17.9 Å². The smallest absolute Gasteiger partial charge is 0.220 e. The highest BCUT2D eigenvalue weighted by Gasteiger charge is 2.26. The lowest BCUT2D eigenvalue weighted by Gasteiger charge is -2.24. The molecule has 150 valence electrons. The van der Waals surface area contributed by atoms with E-state index in [9.17, 15) is 18.0 Å². The summed E-state index contributed by atoms with van der Waals surface area (Å²) in [5.41, 5.74) is 2.80. The molecule has 29 heavy (non-hydrogen) atoms. The molecule has 1 aromatic heterocycles. The SMILES string of the molecule is O=C(CCc1cccc(F)c1)NC1CCCc2c1cnn2-c1cc(F)cc(F)c1. The number of rotatable bonds is 5. The number of fused-ring (bicyclic) bond motifs is 1. The van der Waals surface area contributed by atoms with Crippen LogP contribution in [0, 0.1) is 17.5 Å². The Morgan fingerprint density at radius 2 is 1.90 bits per heavy atom. The van der Waals surface area contributed by atoms with Gasteiger partial charge in [0, 0.05) is 23.7 Å². The highest BCUT2D eigenvalue weighted by molar-refractivity contribution is 5.76. The summed E-state index contributed by atoms with van der Waals surface area (Å²) in [6.07, 6.45) is 4.65. The van der Waals surface area contributed by atoms with Crippen molar-refractivity contribution in [2.75, 3.05) is 0 Å². The zero-order valence-corrected chi connectivity index (χ0v) is 15.7. The molecule has 1 aliphatic rings. The first-order valence-corrected chi connectivity index (χ1v) is 9.56. The van der Waals surface area contributed by atoms with Crippen molar-refractivity contribution in [3.05, 3.63) is 82.9 Å². The van der Waals surface area contributed by atoms with Crippen molar-refractivity contribution in [2.24, 2.45) is 0 Å². The highest BCUT2D eigenvalue weighted by atomic mass is 19.1. The van der Waals surface area contributed by atoms with E-state index in [-0.39, 0.29) is 24.2 Å². The van der Waals surface area contributed by atoms with Crippen LogP contribution in [0.3, 0.4) is 0 Å². The number of carbonyl (C=O) groups excluding carboxylic acids is 1. The molecule has 0 radical (unpaired) electrons. The Balaban J connectivity index is 1.47. The van der Waals surface area contributed by atoms with Crippen molar-refractivity contribution >= 4 is 5.91 Å². The Bertz CT molecular complexity index is 1030. The van der Waals surface area contributed by atoms with E-state index < -0.39 is 11.6 Å². The number of aryl methyl sites for hydroxylation is 1. The predicted octanol–water partition coefficient (Wildman–Crippen LogP) is 4.42.